The van der Waals surface area contributed by atoms with E-state index in [1.54, 1.807) is 18.2 Å². The Morgan fingerprint density at radius 2 is 1.67 bits per heavy atom. The maximum absolute atomic E-state index is 13.2. The average molecular weight is 362 g/mol. The third-order valence-corrected chi connectivity index (χ3v) is 4.37. The van der Waals surface area contributed by atoms with Crippen LogP contribution in [0, 0.1) is 27.7 Å². The van der Waals surface area contributed by atoms with E-state index in [0.29, 0.717) is 16.7 Å². The minimum absolute atomic E-state index is 0.00528. The Labute approximate surface area is 155 Å². The second-order valence-corrected chi connectivity index (χ2v) is 6.53. The molecule has 6 heteroatoms. The van der Waals surface area contributed by atoms with Gasteiger partial charge in [0.25, 0.3) is 0 Å². The summed E-state index contributed by atoms with van der Waals surface area (Å²) in [5.41, 5.74) is 3.69. The van der Waals surface area contributed by atoms with E-state index in [0.717, 1.165) is 22.5 Å². The van der Waals surface area contributed by atoms with Crippen LogP contribution in [0.1, 0.15) is 22.5 Å². The van der Waals surface area contributed by atoms with Crippen molar-refractivity contribution in [2.24, 2.45) is 0 Å². The van der Waals surface area contributed by atoms with Crippen molar-refractivity contribution in [1.29, 1.82) is 0 Å². The molecule has 0 unspecified atom stereocenters. The van der Waals surface area contributed by atoms with Gasteiger partial charge in [-0.25, -0.2) is 9.97 Å². The van der Waals surface area contributed by atoms with Crippen molar-refractivity contribution in [2.45, 2.75) is 27.7 Å². The molecule has 0 amide bonds. The first kappa shape index (κ1) is 17.0. The fourth-order valence-electron chi connectivity index (χ4n) is 2.93. The molecule has 1 aromatic carbocycles. The van der Waals surface area contributed by atoms with E-state index in [-0.39, 0.29) is 22.9 Å². The molecule has 0 bridgehead atoms. The molecule has 27 heavy (non-hydrogen) atoms. The lowest BCUT2D eigenvalue weighted by Crippen LogP contribution is -2.09. The highest BCUT2D eigenvalue weighted by atomic mass is 16.5. The molecule has 136 valence electrons. The first-order valence-electron chi connectivity index (χ1n) is 8.54. The molecule has 0 fully saturated rings. The van der Waals surface area contributed by atoms with Crippen LogP contribution in [-0.2, 0) is 0 Å². The molecular weight excluding hydrogens is 344 g/mol. The number of aryl methyl sites for hydroxylation is 4. The van der Waals surface area contributed by atoms with Crippen LogP contribution in [-0.4, -0.2) is 9.97 Å². The molecule has 0 saturated carbocycles. The molecule has 3 heterocycles. The smallest absolute Gasteiger partial charge is 0.322 e. The number of nitrogens with zero attached hydrogens (tertiary/aromatic N) is 2. The Balaban J connectivity index is 1.99. The van der Waals surface area contributed by atoms with Crippen LogP contribution in [0.2, 0.25) is 0 Å². The molecule has 0 radical (unpaired) electrons. The molecule has 0 aliphatic rings. The summed E-state index contributed by atoms with van der Waals surface area (Å²) in [6.45, 7) is 7.59. The zero-order chi connectivity index (χ0) is 19.1. The Morgan fingerprint density at radius 3 is 2.33 bits per heavy atom. The van der Waals surface area contributed by atoms with E-state index in [4.69, 9.17) is 13.6 Å². The number of hydrogen-bond donors (Lipinski definition) is 0. The summed E-state index contributed by atoms with van der Waals surface area (Å²) < 4.78 is 17.3. The highest BCUT2D eigenvalue weighted by molar-refractivity contribution is 5.82. The van der Waals surface area contributed by atoms with Gasteiger partial charge in [0.05, 0.1) is 11.6 Å². The summed E-state index contributed by atoms with van der Waals surface area (Å²) in [5, 5.41) is 0.438. The molecule has 3 aromatic heterocycles. The van der Waals surface area contributed by atoms with Crippen molar-refractivity contribution in [3.63, 3.8) is 0 Å². The summed E-state index contributed by atoms with van der Waals surface area (Å²) in [5.74, 6) is 0.612. The third kappa shape index (κ3) is 3.10. The quantitative estimate of drug-likeness (QED) is 0.517. The summed E-state index contributed by atoms with van der Waals surface area (Å²) in [7, 11) is 0. The number of furan rings is 1. The fraction of sp³-hybridized carbons (Fsp3) is 0.190. The number of fused-ring (bicyclic) bond motifs is 1. The molecule has 0 N–H and O–H groups in total. The van der Waals surface area contributed by atoms with Gasteiger partial charge in [-0.05, 0) is 69.2 Å². The van der Waals surface area contributed by atoms with Gasteiger partial charge in [-0.3, -0.25) is 4.79 Å². The molecule has 4 rings (SSSR count). The number of hydrogen-bond acceptors (Lipinski definition) is 6. The van der Waals surface area contributed by atoms with Gasteiger partial charge in [0.15, 0.2) is 5.76 Å². The van der Waals surface area contributed by atoms with Gasteiger partial charge < -0.3 is 13.6 Å². The lowest BCUT2D eigenvalue weighted by Gasteiger charge is -2.10. The van der Waals surface area contributed by atoms with Gasteiger partial charge in [-0.1, -0.05) is 0 Å². The minimum Gasteiger partial charge on any atom is -0.461 e. The van der Waals surface area contributed by atoms with E-state index in [1.165, 1.54) is 6.26 Å². The van der Waals surface area contributed by atoms with Crippen LogP contribution >= 0.6 is 0 Å². The first-order chi connectivity index (χ1) is 12.9. The standard InChI is InChI=1S/C21H18N2O4/c1-11-8-15-17(9-12(11)2)26-19(16-6-5-7-25-16)20(18(15)24)27-21-22-13(3)10-14(4)23-21/h5-10H,1-4H3. The van der Waals surface area contributed by atoms with Crippen molar-refractivity contribution in [2.75, 3.05) is 0 Å². The zero-order valence-corrected chi connectivity index (χ0v) is 15.5. The summed E-state index contributed by atoms with van der Waals surface area (Å²) in [6.07, 6.45) is 1.51. The van der Waals surface area contributed by atoms with Gasteiger partial charge >= 0.3 is 6.01 Å². The molecule has 0 aliphatic carbocycles. The van der Waals surface area contributed by atoms with Crippen molar-refractivity contribution in [3.8, 4) is 23.3 Å². The molecule has 6 nitrogen and oxygen atoms in total. The topological polar surface area (TPSA) is 78.4 Å². The lowest BCUT2D eigenvalue weighted by atomic mass is 10.1. The van der Waals surface area contributed by atoms with Gasteiger partial charge in [0.1, 0.15) is 5.58 Å². The van der Waals surface area contributed by atoms with E-state index >= 15 is 0 Å². The van der Waals surface area contributed by atoms with E-state index in [1.807, 2.05) is 39.8 Å². The van der Waals surface area contributed by atoms with Gasteiger partial charge in [-0.15, -0.1) is 0 Å². The van der Waals surface area contributed by atoms with Crippen LogP contribution in [0.4, 0.5) is 0 Å². The highest BCUT2D eigenvalue weighted by Gasteiger charge is 2.22. The Kier molecular flexibility index (Phi) is 4.03. The second-order valence-electron chi connectivity index (χ2n) is 6.53. The van der Waals surface area contributed by atoms with Crippen LogP contribution in [0.5, 0.6) is 11.8 Å². The molecule has 0 atom stereocenters. The monoisotopic (exact) mass is 362 g/mol. The third-order valence-electron chi connectivity index (χ3n) is 4.37. The largest absolute Gasteiger partial charge is 0.461 e. The molecule has 0 aliphatic heterocycles. The highest BCUT2D eigenvalue weighted by Crippen LogP contribution is 2.33. The number of aromatic nitrogens is 2. The molecule has 0 spiro atoms. The van der Waals surface area contributed by atoms with E-state index in [9.17, 15) is 4.79 Å². The van der Waals surface area contributed by atoms with Crippen LogP contribution in [0.25, 0.3) is 22.5 Å². The summed E-state index contributed by atoms with van der Waals surface area (Å²) >= 11 is 0. The van der Waals surface area contributed by atoms with E-state index in [2.05, 4.69) is 9.97 Å². The molecular formula is C21H18N2O4. The molecule has 0 saturated heterocycles. The average Bonchev–Trinajstić information content (AvgIpc) is 3.13. The Hall–Kier alpha value is -3.41. The minimum atomic E-state index is -0.298. The van der Waals surface area contributed by atoms with Crippen LogP contribution < -0.4 is 10.2 Å². The Morgan fingerprint density at radius 1 is 0.963 bits per heavy atom. The van der Waals surface area contributed by atoms with Crippen LogP contribution in [0.15, 0.2) is 50.2 Å². The predicted octanol–water partition coefficient (Wildman–Crippen LogP) is 4.87. The van der Waals surface area contributed by atoms with Crippen molar-refractivity contribution in [3.05, 3.63) is 69.3 Å². The number of rotatable bonds is 3. The van der Waals surface area contributed by atoms with E-state index < -0.39 is 0 Å². The van der Waals surface area contributed by atoms with Gasteiger partial charge in [-0.2, -0.15) is 0 Å². The lowest BCUT2D eigenvalue weighted by molar-refractivity contribution is 0.416. The maximum atomic E-state index is 13.2. The summed E-state index contributed by atoms with van der Waals surface area (Å²) in [6, 6.07) is 9.00. The number of ether oxygens (including phenoxy) is 1. The van der Waals surface area contributed by atoms with Crippen molar-refractivity contribution >= 4 is 11.0 Å². The summed E-state index contributed by atoms with van der Waals surface area (Å²) in [4.78, 5) is 21.7. The van der Waals surface area contributed by atoms with Crippen molar-refractivity contribution < 1.29 is 13.6 Å². The van der Waals surface area contributed by atoms with Crippen molar-refractivity contribution in [1.82, 2.24) is 9.97 Å². The first-order valence-corrected chi connectivity index (χ1v) is 8.54. The van der Waals surface area contributed by atoms with Gasteiger partial charge in [0, 0.05) is 11.4 Å². The zero-order valence-electron chi connectivity index (χ0n) is 15.5. The number of benzene rings is 1. The SMILES string of the molecule is Cc1cc(C)nc(Oc2c(-c3ccco3)oc3cc(C)c(C)cc3c2=O)n1. The molecule has 4 aromatic rings. The normalized spacial score (nSPS) is 11.1. The fourth-order valence-corrected chi connectivity index (χ4v) is 2.93. The second kappa shape index (κ2) is 6.39. The maximum Gasteiger partial charge on any atom is 0.322 e. The van der Waals surface area contributed by atoms with Crippen LogP contribution in [0.3, 0.4) is 0 Å². The Bertz CT molecular complexity index is 1190. The predicted molar refractivity (Wildman–Crippen MR) is 101 cm³/mol. The van der Waals surface area contributed by atoms with Gasteiger partial charge in [0.2, 0.25) is 16.9 Å².